The third-order valence-corrected chi connectivity index (χ3v) is 5.88. The maximum absolute atomic E-state index is 13.4. The van der Waals surface area contributed by atoms with Crippen LogP contribution in [0.5, 0.6) is 0 Å². The summed E-state index contributed by atoms with van der Waals surface area (Å²) in [6.45, 7) is 1.39. The van der Waals surface area contributed by atoms with Gasteiger partial charge in [0.1, 0.15) is 16.7 Å². The van der Waals surface area contributed by atoms with E-state index in [9.17, 15) is 14.4 Å². The molecule has 0 aliphatic heterocycles. The van der Waals surface area contributed by atoms with Crippen LogP contribution < -0.4 is 16.2 Å². The molecule has 2 atom stereocenters. The lowest BCUT2D eigenvalue weighted by Crippen LogP contribution is -2.44. The maximum atomic E-state index is 13.4. The third kappa shape index (κ3) is 3.60. The third-order valence-electron chi connectivity index (χ3n) is 5.56. The molecule has 1 aliphatic carbocycles. The minimum absolute atomic E-state index is 0.149. The van der Waals surface area contributed by atoms with E-state index in [4.69, 9.17) is 21.2 Å². The van der Waals surface area contributed by atoms with Crippen LogP contribution in [0.1, 0.15) is 37.5 Å². The zero-order chi connectivity index (χ0) is 21.4. The molecule has 10 heteroatoms. The number of aromatic nitrogens is 2. The number of pyridine rings is 1. The average Bonchev–Trinajstić information content (AvgIpc) is 3.09. The van der Waals surface area contributed by atoms with Gasteiger partial charge in [-0.05, 0) is 44.7 Å². The fourth-order valence-corrected chi connectivity index (χ4v) is 4.56. The van der Waals surface area contributed by atoms with Crippen LogP contribution in [0.4, 0.5) is 4.79 Å². The van der Waals surface area contributed by atoms with E-state index < -0.39 is 12.0 Å². The number of nitrogens with zero attached hydrogens (tertiary/aromatic N) is 2. The number of amides is 2. The monoisotopic (exact) mass is 432 g/mol. The Bertz CT molecular complexity index is 1200. The molecule has 0 spiro atoms. The summed E-state index contributed by atoms with van der Waals surface area (Å²) < 4.78 is 7.02. The molecule has 1 aromatic carbocycles. The van der Waals surface area contributed by atoms with E-state index in [-0.39, 0.29) is 24.2 Å². The molecule has 2 heterocycles. The van der Waals surface area contributed by atoms with E-state index in [0.717, 1.165) is 19.3 Å². The van der Waals surface area contributed by atoms with Gasteiger partial charge in [-0.3, -0.25) is 9.59 Å². The van der Waals surface area contributed by atoms with Crippen molar-refractivity contribution in [1.29, 1.82) is 0 Å². The van der Waals surface area contributed by atoms with Gasteiger partial charge in [0, 0.05) is 17.5 Å². The molecule has 1 saturated carbocycles. The molecule has 0 saturated heterocycles. The number of hydrogen-bond acceptors (Lipinski definition) is 5. The summed E-state index contributed by atoms with van der Waals surface area (Å²) in [5.74, 6) is 0.0413. The molecule has 0 radical (unpaired) electrons. The van der Waals surface area contributed by atoms with Crippen molar-refractivity contribution >= 4 is 45.4 Å². The van der Waals surface area contributed by atoms with Gasteiger partial charge < -0.3 is 24.8 Å². The number of rotatable bonds is 4. The second-order valence-corrected chi connectivity index (χ2v) is 7.92. The number of carboxylic acid groups (broad SMARTS) is 1. The Kier molecular flexibility index (Phi) is 5.38. The second-order valence-electron chi connectivity index (χ2n) is 7.52. The van der Waals surface area contributed by atoms with Crippen molar-refractivity contribution in [1.82, 2.24) is 20.4 Å². The van der Waals surface area contributed by atoms with E-state index in [2.05, 4.69) is 15.8 Å². The lowest BCUT2D eigenvalue weighted by atomic mass is 9.90. The van der Waals surface area contributed by atoms with Gasteiger partial charge in [0.2, 0.25) is 5.91 Å². The highest BCUT2D eigenvalue weighted by Crippen LogP contribution is 2.35. The van der Waals surface area contributed by atoms with Crippen molar-refractivity contribution in [3.05, 3.63) is 39.3 Å². The predicted molar refractivity (Wildman–Crippen MR) is 111 cm³/mol. The Balaban J connectivity index is 1.72. The van der Waals surface area contributed by atoms with Gasteiger partial charge in [-0.1, -0.05) is 22.8 Å². The summed E-state index contributed by atoms with van der Waals surface area (Å²) in [6.07, 6.45) is 1.65. The first-order valence-electron chi connectivity index (χ1n) is 9.71. The Morgan fingerprint density at radius 3 is 2.90 bits per heavy atom. The Morgan fingerprint density at radius 1 is 1.33 bits per heavy atom. The van der Waals surface area contributed by atoms with Gasteiger partial charge in [0.05, 0.1) is 17.1 Å². The average molecular weight is 433 g/mol. The Hall–Kier alpha value is -3.07. The standard InChI is InChI=1S/C20H21ClN4O5/c1-10-16-18(24-30-10)17-13(21)6-3-7-14(17)25(19(16)27)12-5-2-4-11(8-12)23-15(26)9-22-20(28)29/h3,6-7,11-12,22H,2,4-5,8-9H2,1H3,(H,23,26)(H,28,29). The van der Waals surface area contributed by atoms with Crippen molar-refractivity contribution in [2.75, 3.05) is 6.54 Å². The zero-order valence-corrected chi connectivity index (χ0v) is 17.0. The summed E-state index contributed by atoms with van der Waals surface area (Å²) in [5, 5.41) is 19.2. The topological polar surface area (TPSA) is 126 Å². The van der Waals surface area contributed by atoms with E-state index in [1.54, 1.807) is 23.6 Å². The van der Waals surface area contributed by atoms with Crippen LogP contribution in [0, 0.1) is 6.92 Å². The number of hydrogen-bond donors (Lipinski definition) is 3. The molecule has 1 fully saturated rings. The maximum Gasteiger partial charge on any atom is 0.405 e. The van der Waals surface area contributed by atoms with Crippen molar-refractivity contribution in [2.24, 2.45) is 0 Å². The molecule has 30 heavy (non-hydrogen) atoms. The van der Waals surface area contributed by atoms with Gasteiger partial charge in [-0.15, -0.1) is 0 Å². The van der Waals surface area contributed by atoms with E-state index >= 15 is 0 Å². The molecular weight excluding hydrogens is 412 g/mol. The van der Waals surface area contributed by atoms with Gasteiger partial charge in [0.25, 0.3) is 5.56 Å². The number of halogens is 1. The van der Waals surface area contributed by atoms with E-state index in [1.165, 1.54) is 0 Å². The Morgan fingerprint density at radius 2 is 2.13 bits per heavy atom. The molecule has 2 amide bonds. The fraction of sp³-hybridized carbons (Fsp3) is 0.400. The lowest BCUT2D eigenvalue weighted by Gasteiger charge is -2.32. The minimum atomic E-state index is -1.25. The molecule has 3 aromatic rings. The van der Waals surface area contributed by atoms with Gasteiger partial charge in [0.15, 0.2) is 0 Å². The van der Waals surface area contributed by atoms with Crippen LogP contribution in [0.2, 0.25) is 5.02 Å². The van der Waals surface area contributed by atoms with Gasteiger partial charge >= 0.3 is 6.09 Å². The number of aryl methyl sites for hydroxylation is 1. The summed E-state index contributed by atoms with van der Waals surface area (Å²) in [6, 6.07) is 5.07. The molecule has 9 nitrogen and oxygen atoms in total. The van der Waals surface area contributed by atoms with Crippen LogP contribution in [0.25, 0.3) is 21.8 Å². The smallest absolute Gasteiger partial charge is 0.405 e. The molecule has 4 rings (SSSR count). The van der Waals surface area contributed by atoms with Crippen LogP contribution in [-0.4, -0.2) is 39.4 Å². The lowest BCUT2D eigenvalue weighted by molar-refractivity contribution is -0.121. The highest BCUT2D eigenvalue weighted by Gasteiger charge is 2.28. The minimum Gasteiger partial charge on any atom is -0.465 e. The molecule has 158 valence electrons. The van der Waals surface area contributed by atoms with Gasteiger partial charge in [-0.2, -0.15) is 0 Å². The molecule has 2 aromatic heterocycles. The molecular formula is C20H21ClN4O5. The van der Waals surface area contributed by atoms with E-state index in [0.29, 0.717) is 39.0 Å². The molecule has 2 unspecified atom stereocenters. The molecule has 3 N–H and O–H groups in total. The van der Waals surface area contributed by atoms with Crippen molar-refractivity contribution in [3.63, 3.8) is 0 Å². The first-order valence-corrected chi connectivity index (χ1v) is 10.1. The van der Waals surface area contributed by atoms with Crippen LogP contribution in [-0.2, 0) is 4.79 Å². The number of carbonyl (C=O) groups excluding carboxylic acids is 1. The van der Waals surface area contributed by atoms with Crippen molar-refractivity contribution < 1.29 is 19.2 Å². The SMILES string of the molecule is Cc1onc2c1c(=O)n(C1CCCC(NC(=O)CNC(=O)O)C1)c1cccc(Cl)c21. The van der Waals surface area contributed by atoms with Crippen LogP contribution >= 0.6 is 11.6 Å². The van der Waals surface area contributed by atoms with Crippen molar-refractivity contribution in [3.8, 4) is 0 Å². The first kappa shape index (κ1) is 20.2. The largest absolute Gasteiger partial charge is 0.465 e. The summed E-state index contributed by atoms with van der Waals surface area (Å²) in [5.41, 5.74) is 0.940. The highest BCUT2D eigenvalue weighted by atomic mass is 35.5. The number of benzene rings is 1. The summed E-state index contributed by atoms with van der Waals surface area (Å²) >= 11 is 6.46. The quantitative estimate of drug-likeness (QED) is 0.581. The number of fused-ring (bicyclic) bond motifs is 3. The second kappa shape index (κ2) is 7.98. The van der Waals surface area contributed by atoms with Crippen LogP contribution in [0.15, 0.2) is 27.5 Å². The fourth-order valence-electron chi connectivity index (χ4n) is 4.30. The number of nitrogens with one attached hydrogen (secondary N) is 2. The zero-order valence-electron chi connectivity index (χ0n) is 16.3. The normalized spacial score (nSPS) is 19.1. The van der Waals surface area contributed by atoms with Gasteiger partial charge in [-0.25, -0.2) is 4.79 Å². The van der Waals surface area contributed by atoms with Crippen molar-refractivity contribution in [2.45, 2.75) is 44.7 Å². The molecule has 1 aliphatic rings. The number of carbonyl (C=O) groups is 2. The highest BCUT2D eigenvalue weighted by molar-refractivity contribution is 6.37. The predicted octanol–water partition coefficient (Wildman–Crippen LogP) is 2.97. The summed E-state index contributed by atoms with van der Waals surface area (Å²) in [4.78, 5) is 36.0. The molecule has 0 bridgehead atoms. The van der Waals surface area contributed by atoms with Crippen LogP contribution in [0.3, 0.4) is 0 Å². The summed E-state index contributed by atoms with van der Waals surface area (Å²) in [7, 11) is 0. The Labute approximate surface area is 176 Å². The van der Waals surface area contributed by atoms with E-state index in [1.807, 2.05) is 6.07 Å². The first-order chi connectivity index (χ1) is 14.4.